The van der Waals surface area contributed by atoms with Crippen LogP contribution in [0.5, 0.6) is 5.88 Å². The summed E-state index contributed by atoms with van der Waals surface area (Å²) in [7, 11) is 0. The average molecular weight is 262 g/mol. The third-order valence-corrected chi connectivity index (χ3v) is 3.73. The standard InChI is InChI=1S/C14H22N4O/c1-2-10-19-13-11-4-3-5-12(11)16-14(17-13)18-8-6-15-7-9-18/h15H,2-10H2,1H3. The van der Waals surface area contributed by atoms with Gasteiger partial charge in [-0.1, -0.05) is 6.92 Å². The van der Waals surface area contributed by atoms with Crippen LogP contribution in [-0.2, 0) is 12.8 Å². The number of fused-ring (bicyclic) bond motifs is 1. The molecule has 1 aromatic heterocycles. The minimum absolute atomic E-state index is 0.741. The van der Waals surface area contributed by atoms with Crippen LogP contribution in [0.25, 0.3) is 0 Å². The summed E-state index contributed by atoms with van der Waals surface area (Å²) in [5, 5.41) is 3.36. The number of aryl methyl sites for hydroxylation is 1. The number of rotatable bonds is 4. The number of piperazine rings is 1. The van der Waals surface area contributed by atoms with Crippen molar-refractivity contribution in [3.8, 4) is 5.88 Å². The Morgan fingerprint density at radius 3 is 2.84 bits per heavy atom. The molecule has 3 rings (SSSR count). The maximum absolute atomic E-state index is 5.84. The van der Waals surface area contributed by atoms with Crippen LogP contribution in [0.2, 0.25) is 0 Å². The normalized spacial score (nSPS) is 18.5. The minimum atomic E-state index is 0.741. The molecule has 104 valence electrons. The van der Waals surface area contributed by atoms with Gasteiger partial charge in [0.05, 0.1) is 12.3 Å². The molecule has 5 nitrogen and oxygen atoms in total. The molecule has 0 aromatic carbocycles. The lowest BCUT2D eigenvalue weighted by Gasteiger charge is -2.28. The summed E-state index contributed by atoms with van der Waals surface area (Å²) in [6, 6.07) is 0. The third kappa shape index (κ3) is 2.66. The highest BCUT2D eigenvalue weighted by Crippen LogP contribution is 2.30. The highest BCUT2D eigenvalue weighted by atomic mass is 16.5. The molecular weight excluding hydrogens is 240 g/mol. The number of anilines is 1. The molecule has 0 unspecified atom stereocenters. The Bertz CT molecular complexity index is 443. The van der Waals surface area contributed by atoms with Gasteiger partial charge in [0.15, 0.2) is 0 Å². The first kappa shape index (κ1) is 12.7. The highest BCUT2D eigenvalue weighted by Gasteiger charge is 2.23. The van der Waals surface area contributed by atoms with Crippen LogP contribution in [0.4, 0.5) is 5.95 Å². The van der Waals surface area contributed by atoms with Gasteiger partial charge < -0.3 is 15.0 Å². The Morgan fingerprint density at radius 2 is 2.05 bits per heavy atom. The summed E-state index contributed by atoms with van der Waals surface area (Å²) >= 11 is 0. The van der Waals surface area contributed by atoms with E-state index in [1.54, 1.807) is 0 Å². The minimum Gasteiger partial charge on any atom is -0.477 e. The van der Waals surface area contributed by atoms with Gasteiger partial charge in [0.25, 0.3) is 0 Å². The Kier molecular flexibility index (Phi) is 3.82. The van der Waals surface area contributed by atoms with Crippen molar-refractivity contribution in [3.63, 3.8) is 0 Å². The quantitative estimate of drug-likeness (QED) is 0.882. The van der Waals surface area contributed by atoms with Crippen LogP contribution >= 0.6 is 0 Å². The molecular formula is C14H22N4O. The molecule has 2 aliphatic rings. The molecule has 0 radical (unpaired) electrons. The number of aromatic nitrogens is 2. The second-order valence-corrected chi connectivity index (χ2v) is 5.19. The SMILES string of the molecule is CCCOc1nc(N2CCNCC2)nc2c1CCC2. The van der Waals surface area contributed by atoms with E-state index in [-0.39, 0.29) is 0 Å². The molecule has 5 heteroatoms. The number of ether oxygens (including phenoxy) is 1. The first-order valence-electron chi connectivity index (χ1n) is 7.36. The number of hydrogen-bond donors (Lipinski definition) is 1. The molecule has 1 aliphatic heterocycles. The van der Waals surface area contributed by atoms with Gasteiger partial charge in [0.1, 0.15) is 0 Å². The Balaban J connectivity index is 1.87. The number of hydrogen-bond acceptors (Lipinski definition) is 5. The van der Waals surface area contributed by atoms with Crippen LogP contribution in [0.1, 0.15) is 31.0 Å². The number of nitrogens with one attached hydrogen (secondary N) is 1. The van der Waals surface area contributed by atoms with Crippen LogP contribution in [0, 0.1) is 0 Å². The van der Waals surface area contributed by atoms with Crippen molar-refractivity contribution in [2.45, 2.75) is 32.6 Å². The first-order chi connectivity index (χ1) is 9.38. The van der Waals surface area contributed by atoms with Crippen LogP contribution in [0.3, 0.4) is 0 Å². The summed E-state index contributed by atoms with van der Waals surface area (Å²) in [5.74, 6) is 1.69. The zero-order valence-corrected chi connectivity index (χ0v) is 11.6. The summed E-state index contributed by atoms with van der Waals surface area (Å²) in [6.45, 7) is 6.83. The van der Waals surface area contributed by atoms with E-state index in [1.807, 2.05) is 0 Å². The summed E-state index contributed by atoms with van der Waals surface area (Å²) in [6.07, 6.45) is 4.33. The molecule has 2 heterocycles. The first-order valence-corrected chi connectivity index (χ1v) is 7.36. The maximum atomic E-state index is 5.84. The second-order valence-electron chi connectivity index (χ2n) is 5.19. The van der Waals surface area contributed by atoms with E-state index in [2.05, 4.69) is 22.1 Å². The van der Waals surface area contributed by atoms with E-state index in [4.69, 9.17) is 9.72 Å². The average Bonchev–Trinajstić information content (AvgIpc) is 2.94. The van der Waals surface area contributed by atoms with Gasteiger partial charge in [0, 0.05) is 31.7 Å². The molecule has 1 N–H and O–H groups in total. The summed E-state index contributed by atoms with van der Waals surface area (Å²) in [5.41, 5.74) is 2.45. The van der Waals surface area contributed by atoms with E-state index in [0.29, 0.717) is 0 Å². The van der Waals surface area contributed by atoms with Crippen molar-refractivity contribution in [2.24, 2.45) is 0 Å². The predicted molar refractivity (Wildman–Crippen MR) is 74.9 cm³/mol. The monoisotopic (exact) mass is 262 g/mol. The zero-order chi connectivity index (χ0) is 13.1. The highest BCUT2D eigenvalue weighted by molar-refractivity contribution is 5.42. The van der Waals surface area contributed by atoms with Gasteiger partial charge in [-0.25, -0.2) is 4.98 Å². The third-order valence-electron chi connectivity index (χ3n) is 3.73. The molecule has 0 amide bonds. The fourth-order valence-electron chi connectivity index (χ4n) is 2.71. The summed E-state index contributed by atoms with van der Waals surface area (Å²) in [4.78, 5) is 11.7. The topological polar surface area (TPSA) is 50.3 Å². The van der Waals surface area contributed by atoms with E-state index >= 15 is 0 Å². The molecule has 0 saturated carbocycles. The fraction of sp³-hybridized carbons (Fsp3) is 0.714. The molecule has 0 spiro atoms. The van der Waals surface area contributed by atoms with Crippen LogP contribution < -0.4 is 15.0 Å². The van der Waals surface area contributed by atoms with Crippen molar-refractivity contribution in [2.75, 3.05) is 37.7 Å². The van der Waals surface area contributed by atoms with Crippen molar-refractivity contribution < 1.29 is 4.74 Å². The predicted octanol–water partition coefficient (Wildman–Crippen LogP) is 1.16. The second kappa shape index (κ2) is 5.74. The Morgan fingerprint density at radius 1 is 1.21 bits per heavy atom. The molecule has 0 atom stereocenters. The van der Waals surface area contributed by atoms with Crippen molar-refractivity contribution in [1.82, 2.24) is 15.3 Å². The Labute approximate surface area is 114 Å². The fourth-order valence-corrected chi connectivity index (χ4v) is 2.71. The van der Waals surface area contributed by atoms with E-state index in [9.17, 15) is 0 Å². The van der Waals surface area contributed by atoms with Crippen molar-refractivity contribution in [1.29, 1.82) is 0 Å². The number of nitrogens with zero attached hydrogens (tertiary/aromatic N) is 3. The van der Waals surface area contributed by atoms with E-state index in [0.717, 1.165) is 63.9 Å². The molecule has 19 heavy (non-hydrogen) atoms. The molecule has 1 saturated heterocycles. The maximum Gasteiger partial charge on any atom is 0.228 e. The van der Waals surface area contributed by atoms with Gasteiger partial charge >= 0.3 is 0 Å². The lowest BCUT2D eigenvalue weighted by atomic mass is 10.2. The summed E-state index contributed by atoms with van der Waals surface area (Å²) < 4.78 is 5.84. The largest absolute Gasteiger partial charge is 0.477 e. The molecule has 1 aromatic rings. The molecule has 0 bridgehead atoms. The Hall–Kier alpha value is -1.36. The lowest BCUT2D eigenvalue weighted by Crippen LogP contribution is -2.44. The molecule has 1 aliphatic carbocycles. The van der Waals surface area contributed by atoms with E-state index < -0.39 is 0 Å². The van der Waals surface area contributed by atoms with Crippen molar-refractivity contribution >= 4 is 5.95 Å². The van der Waals surface area contributed by atoms with Crippen LogP contribution in [-0.4, -0.2) is 42.8 Å². The van der Waals surface area contributed by atoms with Gasteiger partial charge in [-0.3, -0.25) is 0 Å². The van der Waals surface area contributed by atoms with E-state index in [1.165, 1.54) is 17.7 Å². The lowest BCUT2D eigenvalue weighted by molar-refractivity contribution is 0.301. The van der Waals surface area contributed by atoms with Crippen LogP contribution in [0.15, 0.2) is 0 Å². The van der Waals surface area contributed by atoms with Gasteiger partial charge in [-0.05, 0) is 25.7 Å². The zero-order valence-electron chi connectivity index (χ0n) is 11.6. The van der Waals surface area contributed by atoms with Gasteiger partial charge in [-0.15, -0.1) is 0 Å². The smallest absolute Gasteiger partial charge is 0.228 e. The van der Waals surface area contributed by atoms with Gasteiger partial charge in [0.2, 0.25) is 11.8 Å². The molecule has 1 fully saturated rings. The van der Waals surface area contributed by atoms with Gasteiger partial charge in [-0.2, -0.15) is 4.98 Å². The van der Waals surface area contributed by atoms with Crippen molar-refractivity contribution in [3.05, 3.63) is 11.3 Å².